The van der Waals surface area contributed by atoms with Crippen LogP contribution in [0.5, 0.6) is 0 Å². The molecule has 2 aromatic heterocycles. The van der Waals surface area contributed by atoms with E-state index in [0.29, 0.717) is 11.0 Å². The second-order valence-electron chi connectivity index (χ2n) is 4.58. The topological polar surface area (TPSA) is 115 Å². The number of aromatic nitrogens is 1. The average molecular weight is 311 g/mol. The largest absolute Gasteiger partial charge is 0.422 e. The van der Waals surface area contributed by atoms with Crippen molar-refractivity contribution in [2.45, 2.75) is 0 Å². The lowest BCUT2D eigenvalue weighted by Crippen LogP contribution is -2.21. The smallest absolute Gasteiger partial charge is 0.365 e. The van der Waals surface area contributed by atoms with E-state index >= 15 is 0 Å². The van der Waals surface area contributed by atoms with E-state index in [1.807, 2.05) is 0 Å². The predicted molar refractivity (Wildman–Crippen MR) is 81.3 cm³/mol. The maximum Gasteiger partial charge on any atom is 0.365 e. The Balaban J connectivity index is 1.94. The quantitative estimate of drug-likeness (QED) is 0.451. The fourth-order valence-corrected chi connectivity index (χ4v) is 2.00. The molecule has 3 rings (SSSR count). The fourth-order valence-electron chi connectivity index (χ4n) is 2.00. The van der Waals surface area contributed by atoms with Gasteiger partial charge in [0.05, 0.1) is 0 Å². The van der Waals surface area contributed by atoms with E-state index in [1.165, 1.54) is 24.3 Å². The number of nitrogens with one attached hydrogen (secondary N) is 1. The summed E-state index contributed by atoms with van der Waals surface area (Å²) < 4.78 is 5.07. The minimum absolute atomic E-state index is 0.0308. The first-order chi connectivity index (χ1) is 11.0. The van der Waals surface area contributed by atoms with Gasteiger partial charge in [-0.05, 0) is 28.1 Å². The van der Waals surface area contributed by atoms with Gasteiger partial charge >= 0.3 is 11.4 Å². The van der Waals surface area contributed by atoms with Crippen molar-refractivity contribution in [3.05, 3.63) is 74.6 Å². The molecule has 0 saturated heterocycles. The standard InChI is InChI=1S/C15H9N3O5/c19-14(17-12-6-3-7-13(16-12)18(21)22)10-8-9-4-1-2-5-11(9)23-15(10)20/h1-8H,(H,16,17,19). The molecular weight excluding hydrogens is 302 g/mol. The number of hydrogen-bond acceptors (Lipinski definition) is 6. The van der Waals surface area contributed by atoms with Gasteiger partial charge in [-0.15, -0.1) is 0 Å². The molecule has 0 unspecified atom stereocenters. The Morgan fingerprint density at radius 2 is 1.96 bits per heavy atom. The number of amides is 1. The van der Waals surface area contributed by atoms with Crippen molar-refractivity contribution in [1.29, 1.82) is 0 Å². The zero-order valence-electron chi connectivity index (χ0n) is 11.6. The van der Waals surface area contributed by atoms with Gasteiger partial charge in [0.1, 0.15) is 11.1 Å². The first kappa shape index (κ1) is 14.4. The minimum Gasteiger partial charge on any atom is -0.422 e. The molecule has 8 nitrogen and oxygen atoms in total. The number of pyridine rings is 1. The zero-order chi connectivity index (χ0) is 16.4. The summed E-state index contributed by atoms with van der Waals surface area (Å²) in [6, 6.07) is 12.1. The van der Waals surface area contributed by atoms with E-state index in [-0.39, 0.29) is 11.4 Å². The maximum absolute atomic E-state index is 12.2. The molecule has 8 heteroatoms. The van der Waals surface area contributed by atoms with Crippen LogP contribution < -0.4 is 10.9 Å². The summed E-state index contributed by atoms with van der Waals surface area (Å²) in [6.07, 6.45) is 0. The lowest BCUT2D eigenvalue weighted by molar-refractivity contribution is -0.389. The van der Waals surface area contributed by atoms with Gasteiger partial charge in [0.25, 0.3) is 5.91 Å². The van der Waals surface area contributed by atoms with Gasteiger partial charge < -0.3 is 14.5 Å². The molecule has 114 valence electrons. The molecule has 2 heterocycles. The Bertz CT molecular complexity index is 980. The average Bonchev–Trinajstić information content (AvgIpc) is 2.54. The highest BCUT2D eigenvalue weighted by molar-refractivity contribution is 6.04. The first-order valence-electron chi connectivity index (χ1n) is 6.50. The normalized spacial score (nSPS) is 10.4. The number of anilines is 1. The summed E-state index contributed by atoms with van der Waals surface area (Å²) >= 11 is 0. The maximum atomic E-state index is 12.2. The Morgan fingerprint density at radius 1 is 1.17 bits per heavy atom. The number of carbonyl (C=O) groups is 1. The molecule has 1 N–H and O–H groups in total. The van der Waals surface area contributed by atoms with E-state index in [2.05, 4.69) is 10.3 Å². The van der Waals surface area contributed by atoms with Crippen LogP contribution in [0.15, 0.2) is 57.7 Å². The molecule has 0 fully saturated rings. The van der Waals surface area contributed by atoms with Crippen molar-refractivity contribution in [2.75, 3.05) is 5.32 Å². The van der Waals surface area contributed by atoms with Gasteiger partial charge in [-0.2, -0.15) is 0 Å². The third kappa shape index (κ3) is 2.91. The summed E-state index contributed by atoms with van der Waals surface area (Å²) in [5, 5.41) is 13.6. The summed E-state index contributed by atoms with van der Waals surface area (Å²) in [5.41, 5.74) is -0.647. The lowest BCUT2D eigenvalue weighted by Gasteiger charge is -2.02. The highest BCUT2D eigenvalue weighted by atomic mass is 16.6. The van der Waals surface area contributed by atoms with Crippen LogP contribution in [0.3, 0.4) is 0 Å². The highest BCUT2D eigenvalue weighted by Crippen LogP contribution is 2.15. The first-order valence-corrected chi connectivity index (χ1v) is 6.50. The molecule has 0 aliphatic heterocycles. The lowest BCUT2D eigenvalue weighted by atomic mass is 10.2. The van der Waals surface area contributed by atoms with E-state index in [9.17, 15) is 19.7 Å². The number of carbonyl (C=O) groups excluding carboxylic acids is 1. The molecule has 0 radical (unpaired) electrons. The van der Waals surface area contributed by atoms with Crippen LogP contribution >= 0.6 is 0 Å². The van der Waals surface area contributed by atoms with Crippen molar-refractivity contribution in [3.8, 4) is 0 Å². The van der Waals surface area contributed by atoms with Crippen LogP contribution in [0.4, 0.5) is 11.6 Å². The SMILES string of the molecule is O=C(Nc1cccc([N+](=O)[O-])n1)c1cc2ccccc2oc1=O. The molecule has 1 amide bonds. The number of nitro groups is 1. The van der Waals surface area contributed by atoms with Crippen LogP contribution in [0.25, 0.3) is 11.0 Å². The molecule has 0 bridgehead atoms. The zero-order valence-corrected chi connectivity index (χ0v) is 11.6. The monoisotopic (exact) mass is 311 g/mol. The molecule has 0 spiro atoms. The molecule has 1 aromatic carbocycles. The molecule has 0 aliphatic carbocycles. The fraction of sp³-hybridized carbons (Fsp3) is 0. The summed E-state index contributed by atoms with van der Waals surface area (Å²) in [7, 11) is 0. The van der Waals surface area contributed by atoms with Gasteiger partial charge in [0.2, 0.25) is 5.82 Å². The predicted octanol–water partition coefficient (Wildman–Crippen LogP) is 2.35. The number of hydrogen-bond donors (Lipinski definition) is 1. The Morgan fingerprint density at radius 3 is 2.74 bits per heavy atom. The second kappa shape index (κ2) is 5.68. The minimum atomic E-state index is -0.799. The van der Waals surface area contributed by atoms with Crippen LogP contribution in [-0.2, 0) is 0 Å². The number of fused-ring (bicyclic) bond motifs is 1. The third-order valence-corrected chi connectivity index (χ3v) is 3.05. The van der Waals surface area contributed by atoms with Gasteiger partial charge in [0.15, 0.2) is 0 Å². The molecule has 23 heavy (non-hydrogen) atoms. The van der Waals surface area contributed by atoms with Crippen molar-refractivity contribution < 1.29 is 14.1 Å². The Hall–Kier alpha value is -3.55. The number of benzene rings is 1. The molecule has 0 saturated carbocycles. The van der Waals surface area contributed by atoms with E-state index in [0.717, 1.165) is 0 Å². The van der Waals surface area contributed by atoms with Crippen LogP contribution in [0.1, 0.15) is 10.4 Å². The number of para-hydroxylation sites is 1. The van der Waals surface area contributed by atoms with Crippen molar-refractivity contribution in [2.24, 2.45) is 0 Å². The summed E-state index contributed by atoms with van der Waals surface area (Å²) in [4.78, 5) is 37.7. The van der Waals surface area contributed by atoms with Gasteiger partial charge in [-0.3, -0.25) is 10.1 Å². The van der Waals surface area contributed by atoms with Crippen LogP contribution in [-0.4, -0.2) is 15.8 Å². The Kier molecular flexibility index (Phi) is 3.55. The van der Waals surface area contributed by atoms with Crippen molar-refractivity contribution in [3.63, 3.8) is 0 Å². The van der Waals surface area contributed by atoms with Gasteiger partial charge in [-0.1, -0.05) is 18.2 Å². The highest BCUT2D eigenvalue weighted by Gasteiger charge is 2.17. The van der Waals surface area contributed by atoms with E-state index < -0.39 is 22.3 Å². The number of rotatable bonds is 3. The van der Waals surface area contributed by atoms with Crippen LogP contribution in [0, 0.1) is 10.1 Å². The van der Waals surface area contributed by atoms with Crippen molar-refractivity contribution in [1.82, 2.24) is 4.98 Å². The molecule has 3 aromatic rings. The number of nitrogens with zero attached hydrogens (tertiary/aromatic N) is 2. The second-order valence-corrected chi connectivity index (χ2v) is 4.58. The Labute approximate surface area is 128 Å². The van der Waals surface area contributed by atoms with E-state index in [1.54, 1.807) is 24.3 Å². The molecular formula is C15H9N3O5. The van der Waals surface area contributed by atoms with Gasteiger partial charge in [-0.25, -0.2) is 4.79 Å². The molecule has 0 atom stereocenters. The molecule has 0 aliphatic rings. The van der Waals surface area contributed by atoms with Crippen LogP contribution in [0.2, 0.25) is 0 Å². The third-order valence-electron chi connectivity index (χ3n) is 3.05. The summed E-state index contributed by atoms with van der Waals surface area (Å²) in [5.74, 6) is -1.19. The van der Waals surface area contributed by atoms with Crippen molar-refractivity contribution >= 4 is 28.5 Å². The van der Waals surface area contributed by atoms with E-state index in [4.69, 9.17) is 4.42 Å². The van der Waals surface area contributed by atoms with Gasteiger partial charge in [0, 0.05) is 17.5 Å². The summed E-state index contributed by atoms with van der Waals surface area (Å²) in [6.45, 7) is 0.